The minimum absolute atomic E-state index is 0.608. The predicted octanol–water partition coefficient (Wildman–Crippen LogP) is 3.23. The van der Waals surface area contributed by atoms with E-state index in [0.29, 0.717) is 6.04 Å². The summed E-state index contributed by atoms with van der Waals surface area (Å²) in [7, 11) is 2.16. The van der Waals surface area contributed by atoms with E-state index in [1.165, 1.54) is 12.8 Å². The van der Waals surface area contributed by atoms with Crippen molar-refractivity contribution >= 4 is 5.82 Å². The molecule has 4 nitrogen and oxygen atoms in total. The molecule has 1 heterocycles. The first-order valence-corrected chi connectivity index (χ1v) is 7.39. The summed E-state index contributed by atoms with van der Waals surface area (Å²) in [5, 5.41) is 3.34. The van der Waals surface area contributed by atoms with Crippen LogP contribution in [0.2, 0.25) is 0 Å². The molecule has 0 fully saturated rings. The summed E-state index contributed by atoms with van der Waals surface area (Å²) in [5.41, 5.74) is 1.03. The second kappa shape index (κ2) is 8.10. The molecule has 0 unspecified atom stereocenters. The van der Waals surface area contributed by atoms with E-state index in [9.17, 15) is 0 Å². The van der Waals surface area contributed by atoms with Crippen LogP contribution >= 0.6 is 0 Å². The number of aromatic nitrogens is 2. The Balaban J connectivity index is 2.74. The number of anilines is 1. The molecular formula is C15H28N4. The van der Waals surface area contributed by atoms with Crippen molar-refractivity contribution in [3.8, 4) is 0 Å². The fraction of sp³-hybridized carbons (Fsp3) is 0.733. The average Bonchev–Trinajstić information content (AvgIpc) is 2.37. The lowest BCUT2D eigenvalue weighted by molar-refractivity contribution is 0.216. The molecule has 0 saturated heterocycles. The Bertz CT molecular complexity index is 374. The highest BCUT2D eigenvalue weighted by Crippen LogP contribution is 2.12. The maximum absolute atomic E-state index is 4.60. The quantitative estimate of drug-likeness (QED) is 0.782. The molecule has 0 aliphatic carbocycles. The van der Waals surface area contributed by atoms with Gasteiger partial charge in [-0.25, -0.2) is 9.97 Å². The van der Waals surface area contributed by atoms with Gasteiger partial charge in [0.15, 0.2) is 0 Å². The van der Waals surface area contributed by atoms with Gasteiger partial charge in [-0.3, -0.25) is 4.90 Å². The zero-order valence-electron chi connectivity index (χ0n) is 13.0. The van der Waals surface area contributed by atoms with Gasteiger partial charge in [0, 0.05) is 24.3 Å². The highest BCUT2D eigenvalue weighted by Gasteiger charge is 2.12. The lowest BCUT2D eigenvalue weighted by atomic mass is 10.1. The summed E-state index contributed by atoms with van der Waals surface area (Å²) in [6.45, 7) is 10.4. The second-order valence-corrected chi connectivity index (χ2v) is 5.12. The molecule has 1 N–H and O–H groups in total. The van der Waals surface area contributed by atoms with Gasteiger partial charge >= 0.3 is 0 Å². The largest absolute Gasteiger partial charge is 0.370 e. The van der Waals surface area contributed by atoms with E-state index in [2.05, 4.69) is 48.0 Å². The molecule has 108 valence electrons. The van der Waals surface area contributed by atoms with Crippen molar-refractivity contribution in [2.24, 2.45) is 0 Å². The Kier molecular flexibility index (Phi) is 6.78. The normalized spacial score (nSPS) is 11.3. The Morgan fingerprint density at radius 2 is 1.89 bits per heavy atom. The van der Waals surface area contributed by atoms with E-state index in [-0.39, 0.29) is 0 Å². The monoisotopic (exact) mass is 264 g/mol. The Morgan fingerprint density at radius 1 is 1.21 bits per heavy atom. The molecule has 19 heavy (non-hydrogen) atoms. The van der Waals surface area contributed by atoms with Crippen LogP contribution in [-0.4, -0.2) is 34.5 Å². The zero-order chi connectivity index (χ0) is 14.3. The fourth-order valence-electron chi connectivity index (χ4n) is 2.31. The van der Waals surface area contributed by atoms with Crippen molar-refractivity contribution in [3.05, 3.63) is 17.6 Å². The Hall–Kier alpha value is -1.16. The molecule has 4 heteroatoms. The van der Waals surface area contributed by atoms with Crippen LogP contribution in [0.25, 0.3) is 0 Å². The first-order valence-electron chi connectivity index (χ1n) is 7.39. The van der Waals surface area contributed by atoms with Crippen molar-refractivity contribution in [3.63, 3.8) is 0 Å². The van der Waals surface area contributed by atoms with Crippen LogP contribution in [0.5, 0.6) is 0 Å². The predicted molar refractivity (Wildman–Crippen MR) is 81.4 cm³/mol. The molecule has 0 aliphatic heterocycles. The third kappa shape index (κ3) is 5.15. The van der Waals surface area contributed by atoms with Crippen LogP contribution in [0.3, 0.4) is 0 Å². The number of nitrogens with one attached hydrogen (secondary N) is 1. The van der Waals surface area contributed by atoms with Gasteiger partial charge in [-0.15, -0.1) is 0 Å². The minimum Gasteiger partial charge on any atom is -0.370 e. The van der Waals surface area contributed by atoms with Gasteiger partial charge < -0.3 is 5.32 Å². The molecule has 0 amide bonds. The first-order chi connectivity index (χ1) is 9.10. The van der Waals surface area contributed by atoms with Gasteiger partial charge in [0.1, 0.15) is 11.6 Å². The third-order valence-electron chi connectivity index (χ3n) is 3.41. The molecule has 1 aromatic rings. The highest BCUT2D eigenvalue weighted by atomic mass is 15.2. The number of rotatable bonds is 8. The molecular weight excluding hydrogens is 236 g/mol. The molecule has 0 aromatic carbocycles. The van der Waals surface area contributed by atoms with Gasteiger partial charge in [-0.1, -0.05) is 20.8 Å². The van der Waals surface area contributed by atoms with E-state index in [1.807, 2.05) is 13.0 Å². The second-order valence-electron chi connectivity index (χ2n) is 5.12. The van der Waals surface area contributed by atoms with E-state index < -0.39 is 0 Å². The average molecular weight is 264 g/mol. The number of aryl methyl sites for hydroxylation is 1. The van der Waals surface area contributed by atoms with Crippen LogP contribution in [0.4, 0.5) is 5.82 Å². The molecule has 0 bridgehead atoms. The van der Waals surface area contributed by atoms with Crippen LogP contribution < -0.4 is 5.32 Å². The standard InChI is InChI=1S/C15H28N4/c1-6-9-16-14-10-12(4)17-15(18-14)11-19(5)13(7-2)8-3/h10,13H,6-9,11H2,1-5H3,(H,16,17,18). The molecule has 0 saturated carbocycles. The maximum atomic E-state index is 4.60. The van der Waals surface area contributed by atoms with Crippen molar-refractivity contribution in [1.29, 1.82) is 0 Å². The summed E-state index contributed by atoms with van der Waals surface area (Å²) in [5.74, 6) is 1.86. The number of hydrogen-bond acceptors (Lipinski definition) is 4. The number of nitrogens with zero attached hydrogens (tertiary/aromatic N) is 3. The van der Waals surface area contributed by atoms with Gasteiger partial charge in [-0.05, 0) is 33.2 Å². The van der Waals surface area contributed by atoms with Gasteiger partial charge in [-0.2, -0.15) is 0 Å². The SMILES string of the molecule is CCCNc1cc(C)nc(CN(C)C(CC)CC)n1. The first kappa shape index (κ1) is 15.9. The summed E-state index contributed by atoms with van der Waals surface area (Å²) < 4.78 is 0. The minimum atomic E-state index is 0.608. The van der Waals surface area contributed by atoms with Crippen molar-refractivity contribution in [1.82, 2.24) is 14.9 Å². The molecule has 1 aromatic heterocycles. The molecule has 0 aliphatic rings. The molecule has 1 rings (SSSR count). The van der Waals surface area contributed by atoms with Crippen LogP contribution in [0.15, 0.2) is 6.07 Å². The van der Waals surface area contributed by atoms with E-state index in [4.69, 9.17) is 0 Å². The summed E-state index contributed by atoms with van der Waals surface area (Å²) in [4.78, 5) is 11.5. The van der Waals surface area contributed by atoms with Gasteiger partial charge in [0.25, 0.3) is 0 Å². The topological polar surface area (TPSA) is 41.1 Å². The Labute approximate surface area is 117 Å². The van der Waals surface area contributed by atoms with Gasteiger partial charge in [0.05, 0.1) is 6.54 Å². The lowest BCUT2D eigenvalue weighted by Gasteiger charge is -2.25. The Morgan fingerprint density at radius 3 is 2.47 bits per heavy atom. The van der Waals surface area contributed by atoms with Gasteiger partial charge in [0.2, 0.25) is 0 Å². The summed E-state index contributed by atoms with van der Waals surface area (Å²) >= 11 is 0. The smallest absolute Gasteiger partial charge is 0.144 e. The van der Waals surface area contributed by atoms with Crippen LogP contribution in [-0.2, 0) is 6.54 Å². The maximum Gasteiger partial charge on any atom is 0.144 e. The van der Waals surface area contributed by atoms with Crippen molar-refractivity contribution < 1.29 is 0 Å². The lowest BCUT2D eigenvalue weighted by Crippen LogP contribution is -2.30. The number of hydrogen-bond donors (Lipinski definition) is 1. The molecule has 0 radical (unpaired) electrons. The van der Waals surface area contributed by atoms with Crippen LogP contribution in [0, 0.1) is 6.92 Å². The van der Waals surface area contributed by atoms with E-state index >= 15 is 0 Å². The van der Waals surface area contributed by atoms with Crippen molar-refractivity contribution in [2.75, 3.05) is 18.9 Å². The molecule has 0 atom stereocenters. The van der Waals surface area contributed by atoms with Crippen LogP contribution in [0.1, 0.15) is 51.6 Å². The zero-order valence-corrected chi connectivity index (χ0v) is 13.0. The summed E-state index contributed by atoms with van der Waals surface area (Å²) in [6, 6.07) is 2.62. The molecule has 0 spiro atoms. The van der Waals surface area contributed by atoms with E-state index in [1.54, 1.807) is 0 Å². The third-order valence-corrected chi connectivity index (χ3v) is 3.41. The fourth-order valence-corrected chi connectivity index (χ4v) is 2.31. The van der Waals surface area contributed by atoms with E-state index in [0.717, 1.165) is 36.8 Å². The highest BCUT2D eigenvalue weighted by molar-refractivity contribution is 5.35. The van der Waals surface area contributed by atoms with Crippen molar-refractivity contribution in [2.45, 2.75) is 59.5 Å². The summed E-state index contributed by atoms with van der Waals surface area (Å²) in [6.07, 6.45) is 3.44.